The monoisotopic (exact) mass is 341 g/mol. The Bertz CT molecular complexity index is 773. The molecule has 2 N–H and O–H groups in total. The van der Waals surface area contributed by atoms with Gasteiger partial charge in [0.25, 0.3) is 5.91 Å². The minimum atomic E-state index is -1.04. The first-order valence-electron chi connectivity index (χ1n) is 8.15. The number of anilines is 1. The predicted octanol–water partition coefficient (Wildman–Crippen LogP) is 4.14. The van der Waals surface area contributed by atoms with Crippen molar-refractivity contribution < 1.29 is 19.4 Å². The number of nitrogens with one attached hydrogen (secondary N) is 1. The fraction of sp³-hybridized carbons (Fsp3) is 0.300. The van der Waals surface area contributed by atoms with Gasteiger partial charge in [-0.05, 0) is 54.7 Å². The molecule has 5 nitrogen and oxygen atoms in total. The topological polar surface area (TPSA) is 75.6 Å². The normalized spacial score (nSPS) is 10.6. The first-order valence-corrected chi connectivity index (χ1v) is 8.15. The third-order valence-electron chi connectivity index (χ3n) is 3.89. The molecule has 132 valence electrons. The van der Waals surface area contributed by atoms with E-state index in [-0.39, 0.29) is 5.91 Å². The van der Waals surface area contributed by atoms with Crippen LogP contribution >= 0.6 is 0 Å². The second kappa shape index (κ2) is 7.83. The lowest BCUT2D eigenvalue weighted by Crippen LogP contribution is -2.15. The number of hydrogen-bond donors (Lipinski definition) is 2. The molecule has 0 aromatic heterocycles. The highest BCUT2D eigenvalue weighted by Gasteiger charge is 2.15. The lowest BCUT2D eigenvalue weighted by molar-refractivity contribution is -0.139. The van der Waals surface area contributed by atoms with Crippen molar-refractivity contribution in [3.8, 4) is 5.75 Å². The lowest BCUT2D eigenvalue weighted by atomic mass is 10.0. The average molecular weight is 341 g/mol. The van der Waals surface area contributed by atoms with Crippen LogP contribution in [0.4, 0.5) is 5.69 Å². The molecule has 0 fully saturated rings. The Morgan fingerprint density at radius 2 is 1.72 bits per heavy atom. The second-order valence-corrected chi connectivity index (χ2v) is 6.32. The molecule has 2 aromatic carbocycles. The first-order chi connectivity index (χ1) is 11.8. The standard InChI is InChI=1S/C20H23NO4/c1-12(2)16-7-5-6-8-17(16)21-20(24)15-9-13(3)19(14(4)10-15)25-11-18(22)23/h5-10,12H,11H2,1-4H3,(H,21,24)(H,22,23). The molecule has 0 saturated carbocycles. The van der Waals surface area contributed by atoms with E-state index in [0.29, 0.717) is 17.2 Å². The number of para-hydroxylation sites is 1. The number of rotatable bonds is 6. The van der Waals surface area contributed by atoms with Crippen molar-refractivity contribution in [1.82, 2.24) is 0 Å². The van der Waals surface area contributed by atoms with Crippen LogP contribution in [0, 0.1) is 13.8 Å². The van der Waals surface area contributed by atoms with E-state index in [0.717, 1.165) is 22.4 Å². The zero-order valence-corrected chi connectivity index (χ0v) is 14.9. The Morgan fingerprint density at radius 1 is 1.12 bits per heavy atom. The van der Waals surface area contributed by atoms with Crippen LogP contribution in [0.3, 0.4) is 0 Å². The summed E-state index contributed by atoms with van der Waals surface area (Å²) in [6.07, 6.45) is 0. The van der Waals surface area contributed by atoms with E-state index >= 15 is 0 Å². The number of amides is 1. The van der Waals surface area contributed by atoms with E-state index in [1.165, 1.54) is 0 Å². The molecule has 2 aromatic rings. The zero-order chi connectivity index (χ0) is 18.6. The van der Waals surface area contributed by atoms with Gasteiger partial charge in [0.05, 0.1) is 0 Å². The van der Waals surface area contributed by atoms with Gasteiger partial charge in [0.2, 0.25) is 0 Å². The summed E-state index contributed by atoms with van der Waals surface area (Å²) in [4.78, 5) is 23.3. The Kier molecular flexibility index (Phi) is 5.80. The summed E-state index contributed by atoms with van der Waals surface area (Å²) in [6.45, 7) is 7.34. The molecule has 2 rings (SSSR count). The van der Waals surface area contributed by atoms with Crippen LogP contribution in [-0.2, 0) is 4.79 Å². The molecule has 0 spiro atoms. The highest BCUT2D eigenvalue weighted by molar-refractivity contribution is 6.05. The lowest BCUT2D eigenvalue weighted by Gasteiger charge is -2.15. The highest BCUT2D eigenvalue weighted by Crippen LogP contribution is 2.27. The van der Waals surface area contributed by atoms with Crippen LogP contribution in [0.1, 0.15) is 46.8 Å². The molecular formula is C20H23NO4. The van der Waals surface area contributed by atoms with Gasteiger partial charge in [0.1, 0.15) is 5.75 Å². The molecular weight excluding hydrogens is 318 g/mol. The van der Waals surface area contributed by atoms with Gasteiger partial charge >= 0.3 is 5.97 Å². The SMILES string of the molecule is Cc1cc(C(=O)Nc2ccccc2C(C)C)cc(C)c1OCC(=O)O. The molecule has 0 heterocycles. The number of ether oxygens (including phenoxy) is 1. The van der Waals surface area contributed by atoms with Gasteiger partial charge in [-0.1, -0.05) is 32.0 Å². The fourth-order valence-corrected chi connectivity index (χ4v) is 2.75. The smallest absolute Gasteiger partial charge is 0.341 e. The maximum absolute atomic E-state index is 12.6. The molecule has 0 atom stereocenters. The Hall–Kier alpha value is -2.82. The Morgan fingerprint density at radius 3 is 2.28 bits per heavy atom. The van der Waals surface area contributed by atoms with Crippen LogP contribution in [0.15, 0.2) is 36.4 Å². The summed E-state index contributed by atoms with van der Waals surface area (Å²) in [5.74, 6) is -0.441. The number of carbonyl (C=O) groups is 2. The van der Waals surface area contributed by atoms with E-state index in [9.17, 15) is 9.59 Å². The van der Waals surface area contributed by atoms with Gasteiger partial charge in [-0.25, -0.2) is 4.79 Å². The molecule has 25 heavy (non-hydrogen) atoms. The van der Waals surface area contributed by atoms with Gasteiger partial charge < -0.3 is 15.2 Å². The van der Waals surface area contributed by atoms with Crippen LogP contribution in [0.25, 0.3) is 0 Å². The molecule has 5 heteroatoms. The number of benzene rings is 2. The summed E-state index contributed by atoms with van der Waals surface area (Å²) in [6, 6.07) is 11.1. The third-order valence-corrected chi connectivity index (χ3v) is 3.89. The molecule has 0 unspecified atom stereocenters. The maximum Gasteiger partial charge on any atom is 0.341 e. The van der Waals surface area contributed by atoms with E-state index < -0.39 is 12.6 Å². The van der Waals surface area contributed by atoms with Crippen LogP contribution < -0.4 is 10.1 Å². The number of carboxylic acids is 1. The van der Waals surface area contributed by atoms with Gasteiger partial charge in [-0.2, -0.15) is 0 Å². The Balaban J connectivity index is 2.25. The van der Waals surface area contributed by atoms with Gasteiger partial charge in [0.15, 0.2) is 6.61 Å². The number of carboxylic acid groups (broad SMARTS) is 1. The summed E-state index contributed by atoms with van der Waals surface area (Å²) >= 11 is 0. The number of aryl methyl sites for hydroxylation is 2. The summed E-state index contributed by atoms with van der Waals surface area (Å²) < 4.78 is 5.30. The summed E-state index contributed by atoms with van der Waals surface area (Å²) in [7, 11) is 0. The minimum absolute atomic E-state index is 0.205. The number of aliphatic carboxylic acids is 1. The largest absolute Gasteiger partial charge is 0.481 e. The molecule has 0 bridgehead atoms. The van der Waals surface area contributed by atoms with Crippen LogP contribution in [0.2, 0.25) is 0 Å². The molecule has 1 amide bonds. The van der Waals surface area contributed by atoms with Crippen molar-refractivity contribution in [1.29, 1.82) is 0 Å². The van der Waals surface area contributed by atoms with Crippen LogP contribution in [0.5, 0.6) is 5.75 Å². The molecule has 0 saturated heterocycles. The van der Waals surface area contributed by atoms with Crippen molar-refractivity contribution in [2.75, 3.05) is 11.9 Å². The fourth-order valence-electron chi connectivity index (χ4n) is 2.75. The van der Waals surface area contributed by atoms with Gasteiger partial charge in [-0.3, -0.25) is 4.79 Å². The molecule has 0 aliphatic heterocycles. The summed E-state index contributed by atoms with van der Waals surface area (Å²) in [5.41, 5.74) is 3.83. The van der Waals surface area contributed by atoms with Crippen molar-refractivity contribution in [3.63, 3.8) is 0 Å². The molecule has 0 aliphatic carbocycles. The molecule has 0 radical (unpaired) electrons. The predicted molar refractivity (Wildman–Crippen MR) is 97.5 cm³/mol. The Labute approximate surface area is 147 Å². The van der Waals surface area contributed by atoms with E-state index in [2.05, 4.69) is 19.2 Å². The van der Waals surface area contributed by atoms with Crippen molar-refractivity contribution in [3.05, 3.63) is 58.7 Å². The first kappa shape index (κ1) is 18.5. The van der Waals surface area contributed by atoms with Crippen molar-refractivity contribution >= 4 is 17.6 Å². The number of hydrogen-bond acceptors (Lipinski definition) is 3. The van der Waals surface area contributed by atoms with Crippen molar-refractivity contribution in [2.45, 2.75) is 33.6 Å². The average Bonchev–Trinajstić information content (AvgIpc) is 2.53. The highest BCUT2D eigenvalue weighted by atomic mass is 16.5. The molecule has 0 aliphatic rings. The van der Waals surface area contributed by atoms with Gasteiger partial charge in [0, 0.05) is 11.3 Å². The van der Waals surface area contributed by atoms with Crippen molar-refractivity contribution in [2.24, 2.45) is 0 Å². The third kappa shape index (κ3) is 4.59. The zero-order valence-electron chi connectivity index (χ0n) is 14.9. The van der Waals surface area contributed by atoms with E-state index in [1.807, 2.05) is 24.3 Å². The minimum Gasteiger partial charge on any atom is -0.481 e. The summed E-state index contributed by atoms with van der Waals surface area (Å²) in [5, 5.41) is 11.7. The van der Waals surface area contributed by atoms with Crippen LogP contribution in [-0.4, -0.2) is 23.6 Å². The van der Waals surface area contributed by atoms with E-state index in [1.54, 1.807) is 26.0 Å². The maximum atomic E-state index is 12.6. The van der Waals surface area contributed by atoms with Gasteiger partial charge in [-0.15, -0.1) is 0 Å². The number of carbonyl (C=O) groups excluding carboxylic acids is 1. The van der Waals surface area contributed by atoms with E-state index in [4.69, 9.17) is 9.84 Å². The second-order valence-electron chi connectivity index (χ2n) is 6.32. The quantitative estimate of drug-likeness (QED) is 0.828.